The van der Waals surface area contributed by atoms with Crippen LogP contribution >= 0.6 is 11.6 Å². The molecule has 0 aliphatic heterocycles. The van der Waals surface area contributed by atoms with Gasteiger partial charge in [0.25, 0.3) is 0 Å². The molecule has 0 aliphatic carbocycles. The second-order valence-electron chi connectivity index (χ2n) is 8.24. The summed E-state index contributed by atoms with van der Waals surface area (Å²) in [5.41, 5.74) is -2.36. The number of alkyl halides is 3. The average molecular weight is 510 g/mol. The highest BCUT2D eigenvalue weighted by atomic mass is 35.5. The number of hydrogen-bond acceptors (Lipinski definition) is 3. The van der Waals surface area contributed by atoms with E-state index in [0.29, 0.717) is 17.4 Å². The minimum absolute atomic E-state index is 0.0993. The van der Waals surface area contributed by atoms with Crippen molar-refractivity contribution in [3.05, 3.63) is 94.0 Å². The first-order chi connectivity index (χ1) is 16.4. The summed E-state index contributed by atoms with van der Waals surface area (Å²) in [6.45, 7) is 3.46. The lowest BCUT2D eigenvalue weighted by Crippen LogP contribution is -2.53. The Labute approximate surface area is 205 Å². The molecule has 0 unspecified atom stereocenters. The number of amides is 2. The highest BCUT2D eigenvalue weighted by Gasteiger charge is 2.41. The summed E-state index contributed by atoms with van der Waals surface area (Å²) in [4.78, 5) is 17.3. The van der Waals surface area contributed by atoms with Crippen LogP contribution in [-0.2, 0) is 18.1 Å². The summed E-state index contributed by atoms with van der Waals surface area (Å²) in [5.74, 6) is -0.677. The van der Waals surface area contributed by atoms with Crippen molar-refractivity contribution in [2.75, 3.05) is 7.11 Å². The van der Waals surface area contributed by atoms with E-state index in [9.17, 15) is 22.4 Å². The number of halogens is 5. The van der Waals surface area contributed by atoms with Crippen LogP contribution in [0.4, 0.5) is 22.4 Å². The third-order valence-electron chi connectivity index (χ3n) is 5.28. The number of carbonyl (C=O) groups is 1. The molecule has 3 aromatic rings. The Kier molecular flexibility index (Phi) is 7.90. The second kappa shape index (κ2) is 10.5. The zero-order valence-electron chi connectivity index (χ0n) is 19.2. The number of hydrogen-bond donors (Lipinski definition) is 2. The third kappa shape index (κ3) is 6.22. The summed E-state index contributed by atoms with van der Waals surface area (Å²) in [6, 6.07) is 11.0. The maximum absolute atomic E-state index is 14.6. The van der Waals surface area contributed by atoms with Crippen LogP contribution < -0.4 is 15.4 Å². The first-order valence-corrected chi connectivity index (χ1v) is 11.0. The molecule has 0 aliphatic rings. The fraction of sp³-hybridized carbons (Fsp3) is 0.280. The standard InChI is InChI=1S/C25H24ClF4N3O2/c1-15(2)32-23(34)33-24(22-9-8-19(26)14-31-22,13-16-6-4-5-7-21(16)35-3)17-10-18(25(28,29)30)12-20(27)11-17/h4-12,14-15H,13H2,1-3H3,(H2,32,33,34)/t24-/m0/s1. The molecule has 2 aromatic carbocycles. The molecule has 2 N–H and O–H groups in total. The minimum Gasteiger partial charge on any atom is -0.496 e. The van der Waals surface area contributed by atoms with Crippen LogP contribution in [0.3, 0.4) is 0 Å². The van der Waals surface area contributed by atoms with Gasteiger partial charge in [0.2, 0.25) is 0 Å². The lowest BCUT2D eigenvalue weighted by molar-refractivity contribution is -0.137. The molecular formula is C25H24ClF4N3O2. The Hall–Kier alpha value is -3.33. The smallest absolute Gasteiger partial charge is 0.416 e. The molecule has 186 valence electrons. The molecule has 35 heavy (non-hydrogen) atoms. The predicted octanol–water partition coefficient (Wildman–Crippen LogP) is 6.10. The van der Waals surface area contributed by atoms with Gasteiger partial charge in [-0.3, -0.25) is 4.98 Å². The lowest BCUT2D eigenvalue weighted by Gasteiger charge is -2.36. The monoisotopic (exact) mass is 509 g/mol. The van der Waals surface area contributed by atoms with Crippen molar-refractivity contribution in [3.63, 3.8) is 0 Å². The van der Waals surface area contributed by atoms with Crippen molar-refractivity contribution in [3.8, 4) is 5.75 Å². The summed E-state index contributed by atoms with van der Waals surface area (Å²) < 4.78 is 61.0. The van der Waals surface area contributed by atoms with Crippen molar-refractivity contribution < 1.29 is 27.1 Å². The number of nitrogens with one attached hydrogen (secondary N) is 2. The third-order valence-corrected chi connectivity index (χ3v) is 5.50. The Morgan fingerprint density at radius 3 is 2.37 bits per heavy atom. The molecule has 0 saturated carbocycles. The number of rotatable bonds is 7. The highest BCUT2D eigenvalue weighted by molar-refractivity contribution is 6.30. The van der Waals surface area contributed by atoms with Gasteiger partial charge in [-0.15, -0.1) is 0 Å². The molecule has 10 heteroatoms. The molecule has 0 saturated heterocycles. The van der Waals surface area contributed by atoms with Gasteiger partial charge in [-0.2, -0.15) is 13.2 Å². The van der Waals surface area contributed by atoms with Crippen LogP contribution in [0.5, 0.6) is 5.75 Å². The van der Waals surface area contributed by atoms with E-state index >= 15 is 0 Å². The normalized spacial score (nSPS) is 13.3. The number of ether oxygens (including phenoxy) is 1. The largest absolute Gasteiger partial charge is 0.496 e. The van der Waals surface area contributed by atoms with Crippen molar-refractivity contribution in [1.29, 1.82) is 0 Å². The van der Waals surface area contributed by atoms with Crippen LogP contribution in [0, 0.1) is 5.82 Å². The van der Waals surface area contributed by atoms with Crippen LogP contribution in [0.1, 0.15) is 36.2 Å². The number of aromatic nitrogens is 1. The van der Waals surface area contributed by atoms with Gasteiger partial charge in [0.05, 0.1) is 23.4 Å². The van der Waals surface area contributed by atoms with E-state index in [1.165, 1.54) is 25.4 Å². The van der Waals surface area contributed by atoms with Gasteiger partial charge in [-0.05, 0) is 61.4 Å². The van der Waals surface area contributed by atoms with Gasteiger partial charge in [0, 0.05) is 18.7 Å². The van der Waals surface area contributed by atoms with E-state index in [2.05, 4.69) is 15.6 Å². The molecule has 0 bridgehead atoms. The average Bonchev–Trinajstić information content (AvgIpc) is 2.78. The van der Waals surface area contributed by atoms with Crippen molar-refractivity contribution in [2.45, 2.75) is 38.0 Å². The molecule has 1 heterocycles. The quantitative estimate of drug-likeness (QED) is 0.379. The van der Waals surface area contributed by atoms with Crippen LogP contribution in [0.25, 0.3) is 0 Å². The molecule has 1 aromatic heterocycles. The number of urea groups is 1. The lowest BCUT2D eigenvalue weighted by atomic mass is 9.79. The van der Waals surface area contributed by atoms with Gasteiger partial charge in [-0.1, -0.05) is 29.8 Å². The van der Waals surface area contributed by atoms with E-state index in [-0.39, 0.29) is 28.7 Å². The van der Waals surface area contributed by atoms with E-state index in [0.717, 1.165) is 12.1 Å². The Morgan fingerprint density at radius 2 is 1.77 bits per heavy atom. The van der Waals surface area contributed by atoms with Gasteiger partial charge < -0.3 is 15.4 Å². The number of benzene rings is 2. The highest BCUT2D eigenvalue weighted by Crippen LogP contribution is 2.39. The summed E-state index contributed by atoms with van der Waals surface area (Å²) in [6.07, 6.45) is -3.61. The maximum Gasteiger partial charge on any atom is 0.416 e. The molecule has 0 fully saturated rings. The fourth-order valence-corrected chi connectivity index (χ4v) is 3.89. The number of para-hydroxylation sites is 1. The number of nitrogens with zero attached hydrogens (tertiary/aromatic N) is 1. The SMILES string of the molecule is COc1ccccc1C[C@](NC(=O)NC(C)C)(c1cc(F)cc(C(F)(F)F)c1)c1ccc(Cl)cn1. The summed E-state index contributed by atoms with van der Waals surface area (Å²) in [7, 11) is 1.45. The van der Waals surface area contributed by atoms with Crippen molar-refractivity contribution in [1.82, 2.24) is 15.6 Å². The van der Waals surface area contributed by atoms with E-state index in [1.54, 1.807) is 38.1 Å². The Bertz CT molecular complexity index is 1190. The van der Waals surface area contributed by atoms with Crippen LogP contribution in [0.15, 0.2) is 60.8 Å². The van der Waals surface area contributed by atoms with Gasteiger partial charge in [0.15, 0.2) is 0 Å². The van der Waals surface area contributed by atoms with E-state index in [1.807, 2.05) is 0 Å². The maximum atomic E-state index is 14.6. The number of carbonyl (C=O) groups excluding carboxylic acids is 1. The molecule has 1 atom stereocenters. The van der Waals surface area contributed by atoms with Crippen LogP contribution in [0.2, 0.25) is 5.02 Å². The molecule has 5 nitrogen and oxygen atoms in total. The predicted molar refractivity (Wildman–Crippen MR) is 125 cm³/mol. The van der Waals surface area contributed by atoms with E-state index in [4.69, 9.17) is 16.3 Å². The van der Waals surface area contributed by atoms with Gasteiger partial charge in [-0.25, -0.2) is 9.18 Å². The zero-order valence-corrected chi connectivity index (χ0v) is 20.0. The zero-order chi connectivity index (χ0) is 25.8. The first kappa shape index (κ1) is 26.3. The summed E-state index contributed by atoms with van der Waals surface area (Å²) in [5, 5.41) is 5.73. The Morgan fingerprint density at radius 1 is 1.09 bits per heavy atom. The number of methoxy groups -OCH3 is 1. The first-order valence-electron chi connectivity index (χ1n) is 10.7. The molecule has 2 amide bonds. The summed E-state index contributed by atoms with van der Waals surface area (Å²) >= 11 is 6.01. The molecule has 0 radical (unpaired) electrons. The number of pyridine rings is 1. The van der Waals surface area contributed by atoms with E-state index < -0.39 is 29.1 Å². The second-order valence-corrected chi connectivity index (χ2v) is 8.67. The van der Waals surface area contributed by atoms with Gasteiger partial charge >= 0.3 is 12.2 Å². The minimum atomic E-state index is -4.82. The van der Waals surface area contributed by atoms with Crippen molar-refractivity contribution >= 4 is 17.6 Å². The molecule has 0 spiro atoms. The molecular weight excluding hydrogens is 486 g/mol. The fourth-order valence-electron chi connectivity index (χ4n) is 3.78. The van der Waals surface area contributed by atoms with Gasteiger partial charge in [0.1, 0.15) is 17.1 Å². The molecule has 3 rings (SSSR count). The topological polar surface area (TPSA) is 63.2 Å². The van der Waals surface area contributed by atoms with Crippen LogP contribution in [-0.4, -0.2) is 24.2 Å². The Balaban J connectivity index is 2.34. The van der Waals surface area contributed by atoms with Crippen molar-refractivity contribution in [2.24, 2.45) is 0 Å².